The fourth-order valence-electron chi connectivity index (χ4n) is 2.07. The molecule has 20 heavy (non-hydrogen) atoms. The molecule has 0 saturated carbocycles. The van der Waals surface area contributed by atoms with Gasteiger partial charge in [-0.2, -0.15) is 0 Å². The molecule has 0 N–H and O–H groups in total. The Bertz CT molecular complexity index is 584. The molecule has 0 spiro atoms. The molecule has 0 radical (unpaired) electrons. The number of hydrogen-bond acceptors (Lipinski definition) is 3. The molecule has 5 heteroatoms. The second-order valence-electron chi connectivity index (χ2n) is 4.35. The number of amides is 1. The highest BCUT2D eigenvalue weighted by atomic mass is 35.5. The van der Waals surface area contributed by atoms with Crippen LogP contribution in [0.2, 0.25) is 0 Å². The van der Waals surface area contributed by atoms with E-state index >= 15 is 0 Å². The molecule has 0 fully saturated rings. The highest BCUT2D eigenvalue weighted by molar-refractivity contribution is 6.18. The summed E-state index contributed by atoms with van der Waals surface area (Å²) in [5, 5.41) is 0.858. The van der Waals surface area contributed by atoms with Gasteiger partial charge in [-0.3, -0.25) is 9.78 Å². The van der Waals surface area contributed by atoms with Crippen LogP contribution in [0.4, 0.5) is 0 Å². The second-order valence-corrected chi connectivity index (χ2v) is 4.73. The number of ether oxygens (including phenoxy) is 1. The van der Waals surface area contributed by atoms with Crippen LogP contribution in [0.15, 0.2) is 36.5 Å². The van der Waals surface area contributed by atoms with Crippen LogP contribution in [0.5, 0.6) is 0 Å². The van der Waals surface area contributed by atoms with E-state index in [0.717, 1.165) is 10.9 Å². The van der Waals surface area contributed by atoms with Gasteiger partial charge in [0.05, 0.1) is 17.7 Å². The van der Waals surface area contributed by atoms with Gasteiger partial charge >= 0.3 is 0 Å². The lowest BCUT2D eigenvalue weighted by Gasteiger charge is -2.22. The molecule has 0 aliphatic carbocycles. The summed E-state index contributed by atoms with van der Waals surface area (Å²) < 4.78 is 5.04. The van der Waals surface area contributed by atoms with Crippen molar-refractivity contribution in [3.05, 3.63) is 42.1 Å². The van der Waals surface area contributed by atoms with Gasteiger partial charge in [0, 0.05) is 37.7 Å². The lowest BCUT2D eigenvalue weighted by Crippen LogP contribution is -2.35. The first-order chi connectivity index (χ1) is 9.77. The molecule has 2 rings (SSSR count). The maximum atomic E-state index is 12.6. The summed E-state index contributed by atoms with van der Waals surface area (Å²) in [4.78, 5) is 18.6. The van der Waals surface area contributed by atoms with Crippen LogP contribution in [0.25, 0.3) is 10.9 Å². The van der Waals surface area contributed by atoms with Crippen LogP contribution in [-0.2, 0) is 4.74 Å². The topological polar surface area (TPSA) is 42.4 Å². The van der Waals surface area contributed by atoms with Crippen molar-refractivity contribution in [2.45, 2.75) is 0 Å². The lowest BCUT2D eigenvalue weighted by atomic mass is 10.1. The van der Waals surface area contributed by atoms with Crippen LogP contribution >= 0.6 is 11.6 Å². The largest absolute Gasteiger partial charge is 0.383 e. The number of pyridine rings is 1. The number of hydrogen-bond donors (Lipinski definition) is 0. The van der Waals surface area contributed by atoms with Crippen LogP contribution in [0.1, 0.15) is 10.4 Å². The molecule has 0 unspecified atom stereocenters. The molecule has 0 aliphatic rings. The first-order valence-corrected chi connectivity index (χ1v) is 6.99. The summed E-state index contributed by atoms with van der Waals surface area (Å²) in [6, 6.07) is 9.36. The second kappa shape index (κ2) is 7.22. The number of methoxy groups -OCH3 is 1. The van der Waals surface area contributed by atoms with E-state index in [2.05, 4.69) is 4.98 Å². The van der Waals surface area contributed by atoms with Gasteiger partial charge in [-0.15, -0.1) is 11.6 Å². The fraction of sp³-hybridized carbons (Fsp3) is 0.333. The van der Waals surface area contributed by atoms with Crippen molar-refractivity contribution >= 4 is 28.4 Å². The van der Waals surface area contributed by atoms with E-state index in [0.29, 0.717) is 31.1 Å². The standard InChI is InChI=1S/C15H17ClN2O2/c1-20-11-10-18(9-7-16)15(19)13-6-8-17-14-5-3-2-4-12(13)14/h2-6,8H,7,9-11H2,1H3. The van der Waals surface area contributed by atoms with Crippen LogP contribution in [0.3, 0.4) is 0 Å². The number of fused-ring (bicyclic) bond motifs is 1. The van der Waals surface area contributed by atoms with E-state index in [-0.39, 0.29) is 5.91 Å². The molecule has 0 aliphatic heterocycles. The van der Waals surface area contributed by atoms with E-state index in [9.17, 15) is 4.79 Å². The average molecular weight is 293 g/mol. The van der Waals surface area contributed by atoms with Gasteiger partial charge in [-0.05, 0) is 12.1 Å². The number of para-hydroxylation sites is 1. The molecule has 0 bridgehead atoms. The van der Waals surface area contributed by atoms with Gasteiger partial charge in [0.2, 0.25) is 0 Å². The van der Waals surface area contributed by atoms with Gasteiger partial charge < -0.3 is 9.64 Å². The first-order valence-electron chi connectivity index (χ1n) is 6.46. The average Bonchev–Trinajstić information content (AvgIpc) is 2.50. The summed E-state index contributed by atoms with van der Waals surface area (Å²) >= 11 is 5.78. The minimum Gasteiger partial charge on any atom is -0.383 e. The predicted molar refractivity (Wildman–Crippen MR) is 80.2 cm³/mol. The van der Waals surface area contributed by atoms with E-state index < -0.39 is 0 Å². The molecule has 0 saturated heterocycles. The Morgan fingerprint density at radius 3 is 2.85 bits per heavy atom. The van der Waals surface area contributed by atoms with E-state index in [1.54, 1.807) is 24.3 Å². The Labute approximate surface area is 123 Å². The van der Waals surface area contributed by atoms with Crippen molar-refractivity contribution < 1.29 is 9.53 Å². The van der Waals surface area contributed by atoms with Gasteiger partial charge in [-0.1, -0.05) is 18.2 Å². The summed E-state index contributed by atoms with van der Waals surface area (Å²) in [6.07, 6.45) is 1.66. The van der Waals surface area contributed by atoms with Crippen molar-refractivity contribution in [2.75, 3.05) is 32.7 Å². The Morgan fingerprint density at radius 2 is 2.10 bits per heavy atom. The number of benzene rings is 1. The summed E-state index contributed by atoms with van der Waals surface area (Å²) in [5.41, 5.74) is 1.47. The predicted octanol–water partition coefficient (Wildman–Crippen LogP) is 2.56. The van der Waals surface area contributed by atoms with Crippen LogP contribution < -0.4 is 0 Å². The lowest BCUT2D eigenvalue weighted by molar-refractivity contribution is 0.0709. The Balaban J connectivity index is 2.33. The smallest absolute Gasteiger partial charge is 0.254 e. The summed E-state index contributed by atoms with van der Waals surface area (Å²) in [6.45, 7) is 1.52. The SMILES string of the molecule is COCCN(CCCl)C(=O)c1ccnc2ccccc12. The minimum atomic E-state index is -0.0405. The number of alkyl halides is 1. The van der Waals surface area contributed by atoms with Gasteiger partial charge in [-0.25, -0.2) is 0 Å². The van der Waals surface area contributed by atoms with Crippen molar-refractivity contribution in [2.24, 2.45) is 0 Å². The molecule has 106 valence electrons. The zero-order valence-corrected chi connectivity index (χ0v) is 12.1. The molecule has 1 aromatic heterocycles. The molecule has 1 amide bonds. The third-order valence-corrected chi connectivity index (χ3v) is 3.26. The third kappa shape index (κ3) is 3.26. The van der Waals surface area contributed by atoms with Crippen molar-refractivity contribution in [3.8, 4) is 0 Å². The minimum absolute atomic E-state index is 0.0405. The Hall–Kier alpha value is -1.65. The molecule has 2 aromatic rings. The zero-order valence-electron chi connectivity index (χ0n) is 11.4. The number of aromatic nitrogens is 1. The number of nitrogens with zero attached hydrogens (tertiary/aromatic N) is 2. The maximum absolute atomic E-state index is 12.6. The Kier molecular flexibility index (Phi) is 5.32. The van der Waals surface area contributed by atoms with E-state index in [4.69, 9.17) is 16.3 Å². The highest BCUT2D eigenvalue weighted by Gasteiger charge is 2.17. The maximum Gasteiger partial charge on any atom is 0.254 e. The molecular weight excluding hydrogens is 276 g/mol. The van der Waals surface area contributed by atoms with Crippen LogP contribution in [0, 0.1) is 0 Å². The fourth-order valence-corrected chi connectivity index (χ4v) is 2.28. The highest BCUT2D eigenvalue weighted by Crippen LogP contribution is 2.18. The van der Waals surface area contributed by atoms with Gasteiger partial charge in [0.1, 0.15) is 0 Å². The van der Waals surface area contributed by atoms with Crippen LogP contribution in [-0.4, -0.2) is 48.5 Å². The Morgan fingerprint density at radius 1 is 1.30 bits per heavy atom. The molecule has 4 nitrogen and oxygen atoms in total. The number of rotatable bonds is 6. The molecule has 0 atom stereocenters. The molecule has 1 aromatic carbocycles. The molecular formula is C15H17ClN2O2. The van der Waals surface area contributed by atoms with E-state index in [1.807, 2.05) is 24.3 Å². The molecule has 1 heterocycles. The summed E-state index contributed by atoms with van der Waals surface area (Å²) in [7, 11) is 1.62. The van der Waals surface area contributed by atoms with Gasteiger partial charge in [0.15, 0.2) is 0 Å². The quantitative estimate of drug-likeness (QED) is 0.769. The van der Waals surface area contributed by atoms with Crippen molar-refractivity contribution in [1.82, 2.24) is 9.88 Å². The zero-order chi connectivity index (χ0) is 14.4. The summed E-state index contributed by atoms with van der Waals surface area (Å²) in [5.74, 6) is 0.361. The van der Waals surface area contributed by atoms with Crippen molar-refractivity contribution in [3.63, 3.8) is 0 Å². The number of carbonyl (C=O) groups excluding carboxylic acids is 1. The monoisotopic (exact) mass is 292 g/mol. The van der Waals surface area contributed by atoms with Crippen molar-refractivity contribution in [1.29, 1.82) is 0 Å². The van der Waals surface area contributed by atoms with Gasteiger partial charge in [0.25, 0.3) is 5.91 Å². The number of halogens is 1. The third-order valence-electron chi connectivity index (χ3n) is 3.09. The van der Waals surface area contributed by atoms with E-state index in [1.165, 1.54) is 0 Å². The number of carbonyl (C=O) groups is 1. The normalized spacial score (nSPS) is 10.7. The first kappa shape index (κ1) is 14.8.